The van der Waals surface area contributed by atoms with Crippen LogP contribution in [0.2, 0.25) is 0 Å². The van der Waals surface area contributed by atoms with Crippen LogP contribution < -0.4 is 16.4 Å². The van der Waals surface area contributed by atoms with Gasteiger partial charge in [0.15, 0.2) is 0 Å². The Hall–Kier alpha value is -0.466. The van der Waals surface area contributed by atoms with Crippen molar-refractivity contribution in [3.8, 4) is 0 Å². The molecule has 0 radical (unpaired) electrons. The number of hydrogen-bond acceptors (Lipinski definition) is 6. The predicted molar refractivity (Wildman–Crippen MR) is 28.0 cm³/mol. The van der Waals surface area contributed by atoms with E-state index in [-0.39, 0.29) is 27.9 Å². The summed E-state index contributed by atoms with van der Waals surface area (Å²) >= 11 is 0. The number of aliphatic hydroxyl groups excluding tert-OH is 2. The average molecular weight is 214 g/mol. The molecule has 7 nitrogen and oxygen atoms in total. The Kier molecular flexibility index (Phi) is 10.5. The van der Waals surface area contributed by atoms with Crippen molar-refractivity contribution in [1.29, 1.82) is 0 Å². The maximum Gasteiger partial charge on any atom is 0.124 e. The molecule has 0 aromatic carbocycles. The van der Waals surface area contributed by atoms with E-state index in [1.54, 1.807) is 0 Å². The Morgan fingerprint density at radius 1 is 1.00 bits per heavy atom. The number of carboxylic acid groups (broad SMARTS) is 2. The number of aliphatic carboxylic acids is 2. The van der Waals surface area contributed by atoms with Gasteiger partial charge in [0.1, 0.15) is 12.2 Å². The van der Waals surface area contributed by atoms with Crippen LogP contribution in [-0.2, 0) is 31.3 Å². The molecule has 0 aromatic heterocycles. The standard InChI is InChI=1S/C4H6O6.H3N.Ti/c5-1(3(7)8)2(6)4(9)10;;/h1-2,5-6H,(H,7,8)(H,9,10);1H3;/p-1. The van der Waals surface area contributed by atoms with Crippen molar-refractivity contribution in [2.45, 2.75) is 12.2 Å². The molecular weight excluding hydrogens is 206 g/mol. The molecule has 0 saturated heterocycles. The van der Waals surface area contributed by atoms with E-state index in [1.807, 2.05) is 0 Å². The molecule has 0 spiro atoms. The van der Waals surface area contributed by atoms with Crippen molar-refractivity contribution in [1.82, 2.24) is 6.15 Å². The molecule has 2 atom stereocenters. The Morgan fingerprint density at radius 2 is 1.17 bits per heavy atom. The van der Waals surface area contributed by atoms with Gasteiger partial charge in [-0.25, -0.2) is 0 Å². The SMILES string of the molecule is O=C([O-])C(O)C(O)C(=O)[O-].[NH4+].[Ti]. The average Bonchev–Trinajstić information content (AvgIpc) is 1.84. The molecule has 0 aliphatic carbocycles. The van der Waals surface area contributed by atoms with Crippen molar-refractivity contribution in [3.05, 3.63) is 0 Å². The smallest absolute Gasteiger partial charge is 0.124 e. The summed E-state index contributed by atoms with van der Waals surface area (Å²) in [4.78, 5) is 19.3. The van der Waals surface area contributed by atoms with Gasteiger partial charge in [0.25, 0.3) is 0 Å². The first kappa shape index (κ1) is 17.6. The second-order valence-electron chi connectivity index (χ2n) is 1.53. The van der Waals surface area contributed by atoms with Crippen LogP contribution in [0.25, 0.3) is 0 Å². The maximum atomic E-state index is 9.63. The van der Waals surface area contributed by atoms with Crippen LogP contribution in [-0.4, -0.2) is 34.4 Å². The van der Waals surface area contributed by atoms with Crippen LogP contribution in [0.4, 0.5) is 0 Å². The summed E-state index contributed by atoms with van der Waals surface area (Å²) in [6, 6.07) is 0. The third-order valence-corrected chi connectivity index (χ3v) is 0.782. The van der Waals surface area contributed by atoms with E-state index in [0.717, 1.165) is 0 Å². The van der Waals surface area contributed by atoms with Crippen LogP contribution in [0, 0.1) is 0 Å². The molecule has 0 aromatic rings. The van der Waals surface area contributed by atoms with E-state index in [1.165, 1.54) is 0 Å². The van der Waals surface area contributed by atoms with E-state index in [2.05, 4.69) is 0 Å². The summed E-state index contributed by atoms with van der Waals surface area (Å²) in [5, 5.41) is 35.7. The molecule has 0 saturated carbocycles. The molecule has 0 fully saturated rings. The summed E-state index contributed by atoms with van der Waals surface area (Å²) in [6.07, 6.45) is -4.88. The van der Waals surface area contributed by atoms with Gasteiger partial charge < -0.3 is 36.2 Å². The molecule has 70 valence electrons. The molecule has 12 heavy (non-hydrogen) atoms. The second-order valence-corrected chi connectivity index (χ2v) is 1.53. The molecule has 0 heterocycles. The largest absolute Gasteiger partial charge is 0.547 e. The molecular formula is C4H8NO6Ti-. The summed E-state index contributed by atoms with van der Waals surface area (Å²) in [6.45, 7) is 0. The predicted octanol–water partition coefficient (Wildman–Crippen LogP) is -4.42. The monoisotopic (exact) mass is 214 g/mol. The quantitative estimate of drug-likeness (QED) is 0.402. The summed E-state index contributed by atoms with van der Waals surface area (Å²) in [5.41, 5.74) is 0. The van der Waals surface area contributed by atoms with Crippen LogP contribution >= 0.6 is 0 Å². The first-order chi connectivity index (χ1) is 4.46. The Bertz CT molecular complexity index is 144. The first-order valence-corrected chi connectivity index (χ1v) is 2.24. The number of carbonyl (C=O) groups excluding carboxylic acids is 2. The van der Waals surface area contributed by atoms with Crippen LogP contribution in [0.5, 0.6) is 0 Å². The van der Waals surface area contributed by atoms with E-state index in [9.17, 15) is 19.8 Å². The molecule has 0 amide bonds. The number of hydrogen-bond donors (Lipinski definition) is 3. The number of aliphatic hydroxyl groups is 2. The number of carboxylic acids is 2. The Labute approximate surface area is 82.5 Å². The van der Waals surface area contributed by atoms with E-state index < -0.39 is 24.1 Å². The van der Waals surface area contributed by atoms with Gasteiger partial charge in [0.2, 0.25) is 0 Å². The third kappa shape index (κ3) is 5.22. The summed E-state index contributed by atoms with van der Waals surface area (Å²) in [7, 11) is 0. The topological polar surface area (TPSA) is 157 Å². The summed E-state index contributed by atoms with van der Waals surface area (Å²) in [5.74, 6) is -4.12. The minimum atomic E-state index is -2.44. The van der Waals surface area contributed by atoms with Crippen molar-refractivity contribution in [3.63, 3.8) is 0 Å². The number of rotatable bonds is 3. The molecule has 0 aliphatic rings. The van der Waals surface area contributed by atoms with Gasteiger partial charge in [-0.1, -0.05) is 0 Å². The van der Waals surface area contributed by atoms with Crippen LogP contribution in [0.3, 0.4) is 0 Å². The van der Waals surface area contributed by atoms with Gasteiger partial charge in [-0.15, -0.1) is 0 Å². The zero-order valence-corrected chi connectivity index (χ0v) is 7.74. The molecule has 8 heteroatoms. The van der Waals surface area contributed by atoms with Gasteiger partial charge in [0, 0.05) is 21.7 Å². The first-order valence-electron chi connectivity index (χ1n) is 2.24. The minimum absolute atomic E-state index is 0. The van der Waals surface area contributed by atoms with Crippen LogP contribution in [0.1, 0.15) is 0 Å². The molecule has 6 N–H and O–H groups in total. The van der Waals surface area contributed by atoms with Gasteiger partial charge in [-0.3, -0.25) is 0 Å². The number of quaternary nitrogens is 1. The van der Waals surface area contributed by atoms with Gasteiger partial charge in [-0.2, -0.15) is 0 Å². The Morgan fingerprint density at radius 3 is 1.25 bits per heavy atom. The zero-order valence-electron chi connectivity index (χ0n) is 6.18. The van der Waals surface area contributed by atoms with Gasteiger partial charge in [0.05, 0.1) is 11.9 Å². The van der Waals surface area contributed by atoms with Gasteiger partial charge in [-0.05, 0) is 0 Å². The Balaban J connectivity index is -0.000000405. The normalized spacial score (nSPS) is 13.2. The van der Waals surface area contributed by atoms with Crippen molar-refractivity contribution >= 4 is 11.9 Å². The van der Waals surface area contributed by atoms with Crippen LogP contribution in [0.15, 0.2) is 0 Å². The summed E-state index contributed by atoms with van der Waals surface area (Å²) < 4.78 is 0. The fourth-order valence-corrected chi connectivity index (χ4v) is 0.258. The minimum Gasteiger partial charge on any atom is -0.547 e. The molecule has 0 aliphatic heterocycles. The number of carbonyl (C=O) groups is 2. The zero-order chi connectivity index (χ0) is 8.31. The van der Waals surface area contributed by atoms with E-state index in [4.69, 9.17) is 10.2 Å². The second kappa shape index (κ2) is 7.20. The van der Waals surface area contributed by atoms with Crippen molar-refractivity contribution < 1.29 is 51.7 Å². The third-order valence-electron chi connectivity index (χ3n) is 0.782. The maximum absolute atomic E-state index is 9.63. The van der Waals surface area contributed by atoms with Crippen molar-refractivity contribution in [2.75, 3.05) is 0 Å². The molecule has 2 unspecified atom stereocenters. The molecule has 0 bridgehead atoms. The fourth-order valence-electron chi connectivity index (χ4n) is 0.258. The van der Waals surface area contributed by atoms with Gasteiger partial charge >= 0.3 is 0 Å². The van der Waals surface area contributed by atoms with E-state index in [0.29, 0.717) is 0 Å². The fraction of sp³-hybridized carbons (Fsp3) is 0.500. The van der Waals surface area contributed by atoms with E-state index >= 15 is 0 Å². The van der Waals surface area contributed by atoms with Crippen molar-refractivity contribution in [2.24, 2.45) is 0 Å². The molecule has 0 rings (SSSR count).